The van der Waals surface area contributed by atoms with Gasteiger partial charge in [-0.3, -0.25) is 14.8 Å². The molecule has 2 aromatic rings. The van der Waals surface area contributed by atoms with Crippen molar-refractivity contribution >= 4 is 15.7 Å². The van der Waals surface area contributed by atoms with Gasteiger partial charge in [0.05, 0.1) is 17.8 Å². The Morgan fingerprint density at radius 2 is 2.12 bits per heavy atom. The van der Waals surface area contributed by atoms with Crippen molar-refractivity contribution in [1.29, 1.82) is 0 Å². The summed E-state index contributed by atoms with van der Waals surface area (Å²) in [5.41, 5.74) is 0.998. The van der Waals surface area contributed by atoms with E-state index in [2.05, 4.69) is 20.4 Å². The molecule has 1 unspecified atom stereocenters. The number of likely N-dealkylation sites (tertiary alicyclic amines) is 1. The lowest BCUT2D eigenvalue weighted by atomic mass is 10.0. The van der Waals surface area contributed by atoms with Crippen LogP contribution in [0.5, 0.6) is 0 Å². The quantitative estimate of drug-likeness (QED) is 0.823. The number of carbonyl (C=O) groups is 1. The van der Waals surface area contributed by atoms with E-state index in [1.165, 1.54) is 0 Å². The number of sulfone groups is 1. The minimum absolute atomic E-state index is 0.0838. The number of amides is 1. The second-order valence-corrected chi connectivity index (χ2v) is 9.21. The molecular formula is C17H22N4O4S. The first-order chi connectivity index (χ1) is 12.5. The number of hydrogen-bond acceptors (Lipinski definition) is 6. The molecule has 140 valence electrons. The van der Waals surface area contributed by atoms with Crippen LogP contribution in [0, 0.1) is 0 Å². The number of nitrogens with one attached hydrogen (secondary N) is 2. The maximum absolute atomic E-state index is 12.4. The third-order valence-corrected chi connectivity index (χ3v) is 6.94. The van der Waals surface area contributed by atoms with Gasteiger partial charge in [-0.2, -0.15) is 5.10 Å². The molecule has 1 amide bonds. The van der Waals surface area contributed by atoms with Gasteiger partial charge in [0.25, 0.3) is 5.91 Å². The summed E-state index contributed by atoms with van der Waals surface area (Å²) < 4.78 is 28.6. The van der Waals surface area contributed by atoms with Gasteiger partial charge in [0.15, 0.2) is 21.3 Å². The molecule has 0 bridgehead atoms. The van der Waals surface area contributed by atoms with Crippen molar-refractivity contribution in [2.24, 2.45) is 0 Å². The van der Waals surface area contributed by atoms with Gasteiger partial charge in [-0.1, -0.05) is 0 Å². The Balaban J connectivity index is 1.30. The molecule has 2 aliphatic heterocycles. The molecule has 0 aromatic carbocycles. The molecule has 1 atom stereocenters. The van der Waals surface area contributed by atoms with Crippen LogP contribution in [0.2, 0.25) is 0 Å². The monoisotopic (exact) mass is 378 g/mol. The average molecular weight is 378 g/mol. The highest BCUT2D eigenvalue weighted by atomic mass is 32.2. The molecule has 2 N–H and O–H groups in total. The number of furan rings is 1. The number of carbonyl (C=O) groups excluding carboxylic acids is 1. The Kier molecular flexibility index (Phi) is 4.58. The fourth-order valence-corrected chi connectivity index (χ4v) is 5.49. The van der Waals surface area contributed by atoms with Crippen molar-refractivity contribution < 1.29 is 17.6 Å². The van der Waals surface area contributed by atoms with E-state index in [0.29, 0.717) is 22.9 Å². The molecule has 0 saturated carbocycles. The standard InChI is InChI=1S/C17H22N4O4S/c22-17(15-10-14(19-20-15)16-2-1-8-25-16)18-12-3-6-21(7-4-12)13-5-9-26(23,24)11-13/h1-2,8,10,12-13H,3-7,9,11H2,(H,18,22)(H,19,20). The Morgan fingerprint density at radius 1 is 1.31 bits per heavy atom. The van der Waals surface area contributed by atoms with Crippen LogP contribution in [0.15, 0.2) is 28.9 Å². The highest BCUT2D eigenvalue weighted by molar-refractivity contribution is 7.91. The summed E-state index contributed by atoms with van der Waals surface area (Å²) >= 11 is 0. The molecule has 26 heavy (non-hydrogen) atoms. The molecule has 4 heterocycles. The van der Waals surface area contributed by atoms with Crippen molar-refractivity contribution in [1.82, 2.24) is 20.4 Å². The zero-order valence-corrected chi connectivity index (χ0v) is 15.2. The number of rotatable bonds is 4. The molecule has 0 spiro atoms. The van der Waals surface area contributed by atoms with Gasteiger partial charge < -0.3 is 9.73 Å². The van der Waals surface area contributed by atoms with Crippen LogP contribution in [0.25, 0.3) is 11.5 Å². The molecule has 0 aliphatic carbocycles. The Labute approximate surface area is 151 Å². The van der Waals surface area contributed by atoms with Crippen LogP contribution in [-0.2, 0) is 9.84 Å². The normalized spacial score (nSPS) is 23.9. The summed E-state index contributed by atoms with van der Waals surface area (Å²) in [5.74, 6) is 0.996. The smallest absolute Gasteiger partial charge is 0.272 e. The molecular weight excluding hydrogens is 356 g/mol. The Morgan fingerprint density at radius 3 is 2.77 bits per heavy atom. The zero-order chi connectivity index (χ0) is 18.1. The van der Waals surface area contributed by atoms with Gasteiger partial charge in [-0.25, -0.2) is 8.42 Å². The summed E-state index contributed by atoms with van der Waals surface area (Å²) in [6.07, 6.45) is 3.93. The van der Waals surface area contributed by atoms with E-state index >= 15 is 0 Å². The SMILES string of the molecule is O=C(NC1CCN(C2CCS(=O)(=O)C2)CC1)c1cc(-c2ccco2)[nH]n1. The number of piperidine rings is 1. The lowest BCUT2D eigenvalue weighted by molar-refractivity contribution is 0.0893. The predicted molar refractivity (Wildman–Crippen MR) is 95.4 cm³/mol. The highest BCUT2D eigenvalue weighted by Gasteiger charge is 2.34. The van der Waals surface area contributed by atoms with Crippen molar-refractivity contribution in [2.75, 3.05) is 24.6 Å². The van der Waals surface area contributed by atoms with Gasteiger partial charge >= 0.3 is 0 Å². The fraction of sp³-hybridized carbons (Fsp3) is 0.529. The minimum Gasteiger partial charge on any atom is -0.463 e. The van der Waals surface area contributed by atoms with E-state index in [0.717, 1.165) is 32.4 Å². The molecule has 2 fully saturated rings. The van der Waals surface area contributed by atoms with E-state index < -0.39 is 9.84 Å². The van der Waals surface area contributed by atoms with Crippen molar-refractivity contribution in [3.05, 3.63) is 30.2 Å². The van der Waals surface area contributed by atoms with Gasteiger partial charge in [-0.05, 0) is 31.4 Å². The first kappa shape index (κ1) is 17.3. The topological polar surface area (TPSA) is 108 Å². The zero-order valence-electron chi connectivity index (χ0n) is 14.3. The van der Waals surface area contributed by atoms with E-state index in [4.69, 9.17) is 4.42 Å². The van der Waals surface area contributed by atoms with E-state index in [9.17, 15) is 13.2 Å². The van der Waals surface area contributed by atoms with Crippen LogP contribution in [-0.4, -0.2) is 66.1 Å². The van der Waals surface area contributed by atoms with Crippen molar-refractivity contribution in [3.8, 4) is 11.5 Å². The predicted octanol–water partition coefficient (Wildman–Crippen LogP) is 1.05. The molecule has 4 rings (SSSR count). The van der Waals surface area contributed by atoms with Crippen molar-refractivity contribution in [2.45, 2.75) is 31.3 Å². The van der Waals surface area contributed by atoms with E-state index in [1.807, 2.05) is 0 Å². The number of nitrogens with zero attached hydrogens (tertiary/aromatic N) is 2. The van der Waals surface area contributed by atoms with Crippen LogP contribution in [0.3, 0.4) is 0 Å². The Hall–Kier alpha value is -2.13. The average Bonchev–Trinajstić information content (AvgIpc) is 3.35. The minimum atomic E-state index is -2.86. The van der Waals surface area contributed by atoms with Gasteiger partial charge in [0.2, 0.25) is 0 Å². The van der Waals surface area contributed by atoms with Crippen LogP contribution in [0.4, 0.5) is 0 Å². The molecule has 2 saturated heterocycles. The third kappa shape index (κ3) is 3.68. The number of aromatic nitrogens is 2. The third-order valence-electron chi connectivity index (χ3n) is 5.19. The summed E-state index contributed by atoms with van der Waals surface area (Å²) in [7, 11) is -2.86. The largest absolute Gasteiger partial charge is 0.463 e. The van der Waals surface area contributed by atoms with Gasteiger partial charge in [0.1, 0.15) is 5.69 Å². The van der Waals surface area contributed by atoms with Gasteiger partial charge in [0, 0.05) is 31.2 Å². The van der Waals surface area contributed by atoms with Gasteiger partial charge in [-0.15, -0.1) is 0 Å². The lowest BCUT2D eigenvalue weighted by Crippen LogP contribution is -2.48. The summed E-state index contributed by atoms with van der Waals surface area (Å²) in [4.78, 5) is 14.6. The maximum Gasteiger partial charge on any atom is 0.272 e. The fourth-order valence-electron chi connectivity index (χ4n) is 3.73. The van der Waals surface area contributed by atoms with E-state index in [-0.39, 0.29) is 23.7 Å². The molecule has 2 aliphatic rings. The molecule has 9 heteroatoms. The second-order valence-electron chi connectivity index (χ2n) is 6.98. The van der Waals surface area contributed by atoms with Crippen LogP contribution < -0.4 is 5.32 Å². The van der Waals surface area contributed by atoms with Crippen molar-refractivity contribution in [3.63, 3.8) is 0 Å². The summed E-state index contributed by atoms with van der Waals surface area (Å²) in [6.45, 7) is 1.62. The molecule has 0 radical (unpaired) electrons. The maximum atomic E-state index is 12.4. The molecule has 2 aromatic heterocycles. The first-order valence-corrected chi connectivity index (χ1v) is 10.7. The Bertz CT molecular complexity index is 866. The number of H-pyrrole nitrogens is 1. The summed E-state index contributed by atoms with van der Waals surface area (Å²) in [5, 5.41) is 9.89. The first-order valence-electron chi connectivity index (χ1n) is 8.85. The van der Waals surface area contributed by atoms with Crippen LogP contribution in [0.1, 0.15) is 29.8 Å². The second kappa shape index (κ2) is 6.88. The number of aromatic amines is 1. The molecule has 8 nitrogen and oxygen atoms in total. The summed E-state index contributed by atoms with van der Waals surface area (Å²) in [6, 6.07) is 5.47. The highest BCUT2D eigenvalue weighted by Crippen LogP contribution is 2.22. The lowest BCUT2D eigenvalue weighted by Gasteiger charge is -2.35. The van der Waals surface area contributed by atoms with Crippen LogP contribution >= 0.6 is 0 Å². The number of hydrogen-bond donors (Lipinski definition) is 2. The van der Waals surface area contributed by atoms with E-state index in [1.54, 1.807) is 24.5 Å².